The molecule has 1 aliphatic rings. The van der Waals surface area contributed by atoms with Crippen LogP contribution in [0.4, 0.5) is 0 Å². The van der Waals surface area contributed by atoms with Crippen molar-refractivity contribution in [3.8, 4) is 0 Å². The van der Waals surface area contributed by atoms with Crippen LogP contribution in [-0.2, 0) is 9.53 Å². The van der Waals surface area contributed by atoms with Gasteiger partial charge in [0.05, 0.1) is 18.6 Å². The first-order valence-corrected chi connectivity index (χ1v) is 3.41. The van der Waals surface area contributed by atoms with Crippen molar-refractivity contribution < 1.29 is 14.6 Å². The Bertz CT molecular complexity index is 136. The molecule has 0 radical (unpaired) electrons. The number of ketones is 1. The summed E-state index contributed by atoms with van der Waals surface area (Å²) in [5, 5.41) is 8.89. The van der Waals surface area contributed by atoms with E-state index >= 15 is 0 Å². The predicted molar refractivity (Wildman–Crippen MR) is 35.6 cm³/mol. The van der Waals surface area contributed by atoms with Crippen molar-refractivity contribution in [3.05, 3.63) is 0 Å². The van der Waals surface area contributed by atoms with Crippen molar-refractivity contribution >= 4 is 5.78 Å². The van der Waals surface area contributed by atoms with Gasteiger partial charge in [-0.25, -0.2) is 0 Å². The van der Waals surface area contributed by atoms with Crippen LogP contribution in [0.5, 0.6) is 0 Å². The first-order chi connectivity index (χ1) is 4.71. The highest BCUT2D eigenvalue weighted by Crippen LogP contribution is 2.28. The summed E-state index contributed by atoms with van der Waals surface area (Å²) in [5.74, 6) is 0.0347. The van der Waals surface area contributed by atoms with Crippen LogP contribution in [0.25, 0.3) is 0 Å². The third-order valence-electron chi connectivity index (χ3n) is 2.15. The molecule has 0 bridgehead atoms. The zero-order valence-corrected chi connectivity index (χ0v) is 6.09. The third-order valence-corrected chi connectivity index (χ3v) is 2.15. The normalized spacial score (nSPS) is 32.6. The van der Waals surface area contributed by atoms with Crippen molar-refractivity contribution in [2.24, 2.45) is 5.41 Å². The first-order valence-electron chi connectivity index (χ1n) is 3.41. The highest BCUT2D eigenvalue weighted by atomic mass is 16.5. The lowest BCUT2D eigenvalue weighted by molar-refractivity contribution is -0.128. The SMILES string of the molecule is CC(=O)C1(CO)CCOC1. The van der Waals surface area contributed by atoms with Crippen molar-refractivity contribution in [3.63, 3.8) is 0 Å². The van der Waals surface area contributed by atoms with E-state index < -0.39 is 5.41 Å². The van der Waals surface area contributed by atoms with Crippen molar-refractivity contribution in [2.45, 2.75) is 13.3 Å². The van der Waals surface area contributed by atoms with E-state index in [-0.39, 0.29) is 12.4 Å². The zero-order valence-electron chi connectivity index (χ0n) is 6.09. The van der Waals surface area contributed by atoms with E-state index in [4.69, 9.17) is 9.84 Å². The quantitative estimate of drug-likeness (QED) is 0.592. The lowest BCUT2D eigenvalue weighted by atomic mass is 9.84. The summed E-state index contributed by atoms with van der Waals surface area (Å²) in [7, 11) is 0. The molecule has 3 heteroatoms. The van der Waals surface area contributed by atoms with Crippen LogP contribution in [0.1, 0.15) is 13.3 Å². The molecule has 1 atom stereocenters. The van der Waals surface area contributed by atoms with Gasteiger partial charge in [-0.15, -0.1) is 0 Å². The van der Waals surface area contributed by atoms with Crippen LogP contribution >= 0.6 is 0 Å². The molecular formula is C7H12O3. The highest BCUT2D eigenvalue weighted by molar-refractivity contribution is 5.82. The Labute approximate surface area is 60.0 Å². The second-order valence-electron chi connectivity index (χ2n) is 2.80. The molecule has 0 spiro atoms. The monoisotopic (exact) mass is 144 g/mol. The van der Waals surface area contributed by atoms with Gasteiger partial charge in [0.1, 0.15) is 5.78 Å². The lowest BCUT2D eigenvalue weighted by Crippen LogP contribution is -2.33. The zero-order chi connectivity index (χ0) is 7.61. The van der Waals surface area contributed by atoms with Crippen molar-refractivity contribution in [2.75, 3.05) is 19.8 Å². The molecule has 1 heterocycles. The van der Waals surface area contributed by atoms with Crippen LogP contribution < -0.4 is 0 Å². The molecule has 1 rings (SSSR count). The third kappa shape index (κ3) is 1.07. The Hall–Kier alpha value is -0.410. The van der Waals surface area contributed by atoms with Gasteiger partial charge in [0.25, 0.3) is 0 Å². The Morgan fingerprint density at radius 1 is 1.80 bits per heavy atom. The smallest absolute Gasteiger partial charge is 0.140 e. The molecule has 0 aromatic carbocycles. The Balaban J connectivity index is 2.67. The molecule has 1 unspecified atom stereocenters. The summed E-state index contributed by atoms with van der Waals surface area (Å²) in [6.07, 6.45) is 0.666. The molecule has 0 aromatic rings. The van der Waals surface area contributed by atoms with E-state index in [0.717, 1.165) is 0 Å². The molecule has 1 fully saturated rings. The maximum atomic E-state index is 11.0. The number of hydrogen-bond donors (Lipinski definition) is 1. The van der Waals surface area contributed by atoms with Gasteiger partial charge in [-0.1, -0.05) is 0 Å². The van der Waals surface area contributed by atoms with Gasteiger partial charge in [0, 0.05) is 6.61 Å². The molecule has 0 saturated carbocycles. The van der Waals surface area contributed by atoms with Gasteiger partial charge in [0.15, 0.2) is 0 Å². The largest absolute Gasteiger partial charge is 0.395 e. The molecule has 0 aliphatic carbocycles. The summed E-state index contributed by atoms with van der Waals surface area (Å²) >= 11 is 0. The van der Waals surface area contributed by atoms with Crippen molar-refractivity contribution in [1.82, 2.24) is 0 Å². The number of carbonyl (C=O) groups is 1. The van der Waals surface area contributed by atoms with E-state index in [0.29, 0.717) is 19.6 Å². The fraction of sp³-hybridized carbons (Fsp3) is 0.857. The number of rotatable bonds is 2. The number of Topliss-reactive ketones (excluding diaryl/α,β-unsaturated/α-hetero) is 1. The molecule has 1 aliphatic heterocycles. The first kappa shape index (κ1) is 7.69. The summed E-state index contributed by atoms with van der Waals surface area (Å²) < 4.78 is 5.03. The maximum absolute atomic E-state index is 11.0. The molecule has 1 saturated heterocycles. The Kier molecular flexibility index (Phi) is 2.06. The minimum atomic E-state index is -0.569. The summed E-state index contributed by atoms with van der Waals surface area (Å²) in [6.45, 7) is 2.41. The molecule has 1 N–H and O–H groups in total. The molecule has 0 amide bonds. The van der Waals surface area contributed by atoms with Gasteiger partial charge >= 0.3 is 0 Å². The van der Waals surface area contributed by atoms with Gasteiger partial charge in [-0.05, 0) is 13.3 Å². The van der Waals surface area contributed by atoms with E-state index in [1.165, 1.54) is 6.92 Å². The minimum absolute atomic E-state index is 0.0347. The standard InChI is InChI=1S/C7H12O3/c1-6(9)7(4-8)2-3-10-5-7/h8H,2-5H2,1H3. The fourth-order valence-electron chi connectivity index (χ4n) is 1.12. The maximum Gasteiger partial charge on any atom is 0.140 e. The average Bonchev–Trinajstić information content (AvgIpc) is 2.35. The Morgan fingerprint density at radius 3 is 2.70 bits per heavy atom. The minimum Gasteiger partial charge on any atom is -0.395 e. The van der Waals surface area contributed by atoms with Crippen LogP contribution in [0.15, 0.2) is 0 Å². The molecule has 3 nitrogen and oxygen atoms in total. The summed E-state index contributed by atoms with van der Waals surface area (Å²) in [4.78, 5) is 11.0. The van der Waals surface area contributed by atoms with Gasteiger partial charge in [-0.2, -0.15) is 0 Å². The van der Waals surface area contributed by atoms with E-state index in [2.05, 4.69) is 0 Å². The molecule has 58 valence electrons. The topological polar surface area (TPSA) is 46.5 Å². The van der Waals surface area contributed by atoms with E-state index in [1.54, 1.807) is 0 Å². The van der Waals surface area contributed by atoms with Crippen LogP contribution in [0.3, 0.4) is 0 Å². The van der Waals surface area contributed by atoms with Crippen LogP contribution in [0, 0.1) is 5.41 Å². The highest BCUT2D eigenvalue weighted by Gasteiger charge is 2.38. The number of aliphatic hydroxyl groups excluding tert-OH is 1. The molecular weight excluding hydrogens is 132 g/mol. The molecule has 10 heavy (non-hydrogen) atoms. The molecule has 0 aromatic heterocycles. The van der Waals surface area contributed by atoms with Crippen molar-refractivity contribution in [1.29, 1.82) is 0 Å². The fourth-order valence-corrected chi connectivity index (χ4v) is 1.12. The summed E-state index contributed by atoms with van der Waals surface area (Å²) in [6, 6.07) is 0. The second-order valence-corrected chi connectivity index (χ2v) is 2.80. The van der Waals surface area contributed by atoms with E-state index in [1.807, 2.05) is 0 Å². The van der Waals surface area contributed by atoms with Crippen LogP contribution in [-0.4, -0.2) is 30.7 Å². The number of hydrogen-bond acceptors (Lipinski definition) is 3. The number of aliphatic hydroxyl groups is 1. The number of ether oxygens (including phenoxy) is 1. The van der Waals surface area contributed by atoms with Gasteiger partial charge < -0.3 is 9.84 Å². The summed E-state index contributed by atoms with van der Waals surface area (Å²) in [5.41, 5.74) is -0.569. The lowest BCUT2D eigenvalue weighted by Gasteiger charge is -2.19. The Morgan fingerprint density at radius 2 is 2.50 bits per heavy atom. The van der Waals surface area contributed by atoms with Gasteiger partial charge in [0.2, 0.25) is 0 Å². The van der Waals surface area contributed by atoms with Crippen LogP contribution in [0.2, 0.25) is 0 Å². The van der Waals surface area contributed by atoms with E-state index in [9.17, 15) is 4.79 Å². The predicted octanol–water partition coefficient (Wildman–Crippen LogP) is -0.0256. The second kappa shape index (κ2) is 2.68. The average molecular weight is 144 g/mol. The van der Waals surface area contributed by atoms with Gasteiger partial charge in [-0.3, -0.25) is 4.79 Å². The number of carbonyl (C=O) groups excluding carboxylic acids is 1.